The highest BCUT2D eigenvalue weighted by atomic mass is 32.1. The van der Waals surface area contributed by atoms with E-state index in [4.69, 9.17) is 10.2 Å². The van der Waals surface area contributed by atoms with Crippen LogP contribution in [0.2, 0.25) is 0 Å². The Morgan fingerprint density at radius 3 is 3.13 bits per heavy atom. The number of aromatic nitrogens is 1. The van der Waals surface area contributed by atoms with Crippen LogP contribution in [-0.4, -0.2) is 24.1 Å². The average Bonchev–Trinajstić information content (AvgIpc) is 3.26. The first-order valence-corrected chi connectivity index (χ1v) is 8.91. The zero-order chi connectivity index (χ0) is 15.6. The summed E-state index contributed by atoms with van der Waals surface area (Å²) in [6.07, 6.45) is 3.67. The summed E-state index contributed by atoms with van der Waals surface area (Å²) in [7, 11) is 0. The Balaban J connectivity index is 1.66. The van der Waals surface area contributed by atoms with Crippen molar-refractivity contribution in [1.82, 2.24) is 10.3 Å². The third kappa shape index (κ3) is 2.76. The molecule has 2 aromatic heterocycles. The van der Waals surface area contributed by atoms with Crippen LogP contribution in [0.5, 0.6) is 0 Å². The van der Waals surface area contributed by atoms with Gasteiger partial charge in [0, 0.05) is 28.1 Å². The second-order valence-electron chi connectivity index (χ2n) is 5.98. The van der Waals surface area contributed by atoms with E-state index in [1.54, 1.807) is 11.3 Å². The highest BCUT2D eigenvalue weighted by Crippen LogP contribution is 2.33. The Morgan fingerprint density at radius 2 is 2.30 bits per heavy atom. The first-order chi connectivity index (χ1) is 11.3. The molecule has 1 aromatic carbocycles. The Morgan fingerprint density at radius 1 is 1.35 bits per heavy atom. The monoisotopic (exact) mass is 322 g/mol. The van der Waals surface area contributed by atoms with Crippen molar-refractivity contribution in [2.45, 2.75) is 25.3 Å². The number of nitrogens with zero attached hydrogens (tertiary/aromatic N) is 2. The summed E-state index contributed by atoms with van der Waals surface area (Å²) < 4.78 is 1.24. The molecule has 2 N–H and O–H groups in total. The van der Waals surface area contributed by atoms with Crippen molar-refractivity contribution in [3.63, 3.8) is 0 Å². The minimum atomic E-state index is 0.631. The summed E-state index contributed by atoms with van der Waals surface area (Å²) in [6, 6.07) is 10.7. The normalized spacial score (nSPS) is 17.6. The van der Waals surface area contributed by atoms with Crippen molar-refractivity contribution in [1.29, 1.82) is 5.26 Å². The molecule has 1 atom stereocenters. The van der Waals surface area contributed by atoms with Crippen molar-refractivity contribution in [3.05, 3.63) is 35.2 Å². The number of hydrogen-bond acceptors (Lipinski definition) is 5. The first-order valence-electron chi connectivity index (χ1n) is 8.03. The minimum Gasteiger partial charge on any atom is -0.369 e. The molecule has 0 aliphatic carbocycles. The van der Waals surface area contributed by atoms with Gasteiger partial charge in [0.15, 0.2) is 0 Å². The van der Waals surface area contributed by atoms with E-state index in [2.05, 4.69) is 28.1 Å². The van der Waals surface area contributed by atoms with E-state index in [9.17, 15) is 0 Å². The van der Waals surface area contributed by atoms with Gasteiger partial charge in [0.05, 0.1) is 17.1 Å². The van der Waals surface area contributed by atoms with Gasteiger partial charge in [0.1, 0.15) is 5.82 Å². The molecule has 3 aromatic rings. The van der Waals surface area contributed by atoms with E-state index in [1.165, 1.54) is 22.9 Å². The van der Waals surface area contributed by atoms with Crippen molar-refractivity contribution in [3.8, 4) is 6.07 Å². The lowest BCUT2D eigenvalue weighted by atomic mass is 10.1. The largest absolute Gasteiger partial charge is 0.369 e. The molecule has 1 saturated heterocycles. The van der Waals surface area contributed by atoms with Gasteiger partial charge in [-0.05, 0) is 49.4 Å². The quantitative estimate of drug-likeness (QED) is 0.765. The Kier molecular flexibility index (Phi) is 3.86. The number of rotatable bonds is 4. The molecule has 1 unspecified atom stereocenters. The molecule has 23 heavy (non-hydrogen) atoms. The van der Waals surface area contributed by atoms with Gasteiger partial charge in [0.2, 0.25) is 0 Å². The number of nitriles is 1. The molecule has 4 rings (SSSR count). The van der Waals surface area contributed by atoms with Gasteiger partial charge in [-0.25, -0.2) is 4.98 Å². The maximum Gasteiger partial charge on any atom is 0.135 e. The van der Waals surface area contributed by atoms with Crippen LogP contribution in [0.1, 0.15) is 24.8 Å². The van der Waals surface area contributed by atoms with Crippen molar-refractivity contribution >= 4 is 38.1 Å². The lowest BCUT2D eigenvalue weighted by molar-refractivity contribution is 0.574. The molecular formula is C18H18N4S. The Hall–Kier alpha value is -2.16. The maximum atomic E-state index is 9.10. The number of benzene rings is 1. The fourth-order valence-corrected chi connectivity index (χ4v) is 4.20. The molecule has 1 fully saturated rings. The molecule has 3 heterocycles. The SMILES string of the molecule is N#Cc1ccc2c(c1)nc(NCCC1CCCN1)c1ccsc12. The van der Waals surface area contributed by atoms with E-state index in [1.807, 2.05) is 18.2 Å². The van der Waals surface area contributed by atoms with Gasteiger partial charge in [-0.2, -0.15) is 5.26 Å². The number of hydrogen-bond donors (Lipinski definition) is 2. The summed E-state index contributed by atoms with van der Waals surface area (Å²) in [5.41, 5.74) is 1.54. The smallest absolute Gasteiger partial charge is 0.135 e. The standard InChI is InChI=1S/C18H18N4S/c19-11-12-3-4-14-16(10-12)22-18(15-6-9-23-17(14)15)21-8-5-13-2-1-7-20-13/h3-4,6,9-10,13,20H,1-2,5,7-8H2,(H,21,22). The molecule has 0 saturated carbocycles. The number of nitrogens with one attached hydrogen (secondary N) is 2. The van der Waals surface area contributed by atoms with Crippen LogP contribution < -0.4 is 10.6 Å². The molecule has 4 nitrogen and oxygen atoms in total. The lowest BCUT2D eigenvalue weighted by Crippen LogP contribution is -2.24. The number of thiophene rings is 1. The summed E-state index contributed by atoms with van der Waals surface area (Å²) in [4.78, 5) is 4.77. The Labute approximate surface area is 139 Å². The second-order valence-corrected chi connectivity index (χ2v) is 6.89. The fourth-order valence-electron chi connectivity index (χ4n) is 3.27. The topological polar surface area (TPSA) is 60.7 Å². The highest BCUT2D eigenvalue weighted by Gasteiger charge is 2.14. The van der Waals surface area contributed by atoms with Crippen LogP contribution in [0.4, 0.5) is 5.82 Å². The van der Waals surface area contributed by atoms with Gasteiger partial charge < -0.3 is 10.6 Å². The van der Waals surface area contributed by atoms with Crippen LogP contribution >= 0.6 is 11.3 Å². The van der Waals surface area contributed by atoms with Gasteiger partial charge in [-0.15, -0.1) is 11.3 Å². The van der Waals surface area contributed by atoms with E-state index in [-0.39, 0.29) is 0 Å². The maximum absolute atomic E-state index is 9.10. The minimum absolute atomic E-state index is 0.631. The number of fused-ring (bicyclic) bond motifs is 3. The fraction of sp³-hybridized carbons (Fsp3) is 0.333. The third-order valence-corrected chi connectivity index (χ3v) is 5.42. The molecule has 5 heteroatoms. The van der Waals surface area contributed by atoms with Crippen LogP contribution in [0.3, 0.4) is 0 Å². The molecule has 0 bridgehead atoms. The molecule has 1 aliphatic heterocycles. The van der Waals surface area contributed by atoms with E-state index >= 15 is 0 Å². The average molecular weight is 322 g/mol. The van der Waals surface area contributed by atoms with Crippen molar-refractivity contribution in [2.24, 2.45) is 0 Å². The molecule has 116 valence electrons. The predicted octanol–water partition coefficient (Wildman–Crippen LogP) is 3.88. The summed E-state index contributed by atoms with van der Waals surface area (Å²) in [5.74, 6) is 0.932. The van der Waals surface area contributed by atoms with Crippen LogP contribution in [0.25, 0.3) is 21.0 Å². The number of anilines is 1. The second kappa shape index (κ2) is 6.15. The van der Waals surface area contributed by atoms with Crippen molar-refractivity contribution < 1.29 is 0 Å². The molecular weight excluding hydrogens is 304 g/mol. The Bertz CT molecular complexity index is 887. The lowest BCUT2D eigenvalue weighted by Gasteiger charge is -2.12. The number of pyridine rings is 1. The van der Waals surface area contributed by atoms with Gasteiger partial charge in [-0.3, -0.25) is 0 Å². The van der Waals surface area contributed by atoms with Gasteiger partial charge >= 0.3 is 0 Å². The van der Waals surface area contributed by atoms with Crippen LogP contribution in [0, 0.1) is 11.3 Å². The zero-order valence-electron chi connectivity index (χ0n) is 12.8. The molecule has 1 aliphatic rings. The van der Waals surface area contributed by atoms with E-state index in [0.29, 0.717) is 11.6 Å². The third-order valence-electron chi connectivity index (χ3n) is 4.47. The van der Waals surface area contributed by atoms with E-state index in [0.717, 1.165) is 36.2 Å². The molecule has 0 amide bonds. The van der Waals surface area contributed by atoms with E-state index < -0.39 is 0 Å². The summed E-state index contributed by atoms with van der Waals surface area (Å²) >= 11 is 1.73. The van der Waals surface area contributed by atoms with Crippen molar-refractivity contribution in [2.75, 3.05) is 18.4 Å². The van der Waals surface area contributed by atoms with Gasteiger partial charge in [-0.1, -0.05) is 6.07 Å². The molecule has 0 radical (unpaired) electrons. The summed E-state index contributed by atoms with van der Waals surface area (Å²) in [6.45, 7) is 2.06. The highest BCUT2D eigenvalue weighted by molar-refractivity contribution is 7.18. The summed E-state index contributed by atoms with van der Waals surface area (Å²) in [5, 5.41) is 20.5. The molecule has 0 spiro atoms. The zero-order valence-corrected chi connectivity index (χ0v) is 13.6. The first kappa shape index (κ1) is 14.4. The predicted molar refractivity (Wildman–Crippen MR) is 96.0 cm³/mol. The van der Waals surface area contributed by atoms with Crippen LogP contribution in [-0.2, 0) is 0 Å². The van der Waals surface area contributed by atoms with Gasteiger partial charge in [0.25, 0.3) is 0 Å². The van der Waals surface area contributed by atoms with Crippen LogP contribution in [0.15, 0.2) is 29.6 Å².